The first-order valence-corrected chi connectivity index (χ1v) is 10.5. The molecule has 3 nitrogen and oxygen atoms in total. The number of rotatable bonds is 13. The van der Waals surface area contributed by atoms with Crippen LogP contribution in [0.25, 0.3) is 0 Å². The smallest absolute Gasteiger partial charge is 0.313 e. The molecule has 0 bridgehead atoms. The molecule has 1 aromatic carbocycles. The zero-order chi connectivity index (χ0) is 19.4. The Morgan fingerprint density at radius 2 is 1.54 bits per heavy atom. The summed E-state index contributed by atoms with van der Waals surface area (Å²) < 4.78 is 5.56. The van der Waals surface area contributed by atoms with Crippen molar-refractivity contribution in [1.29, 1.82) is 0 Å². The number of benzene rings is 1. The van der Waals surface area contributed by atoms with E-state index >= 15 is 0 Å². The van der Waals surface area contributed by atoms with Crippen LogP contribution in [0.5, 0.6) is 0 Å². The van der Waals surface area contributed by atoms with Crippen LogP contribution < -0.4 is 0 Å². The summed E-state index contributed by atoms with van der Waals surface area (Å²) in [6.45, 7) is 14.3. The molecule has 0 saturated carbocycles. The molecule has 0 amide bonds. The standard InChI is InChI=1S/C23H39NO2/c1-6-8-14-24(15-9-7-2)16-17-26-23(25)20(5)22-12-10-21(11-13-22)18-19(3)4/h10-13,19-20H,6-9,14-18H2,1-5H3/t20-/m1/s1. The average Bonchev–Trinajstić information content (AvgIpc) is 2.62. The predicted octanol–water partition coefficient (Wildman–Crippen LogP) is 5.43. The van der Waals surface area contributed by atoms with Gasteiger partial charge in [-0.15, -0.1) is 0 Å². The minimum atomic E-state index is -0.206. The molecule has 0 spiro atoms. The van der Waals surface area contributed by atoms with Gasteiger partial charge in [-0.3, -0.25) is 9.69 Å². The molecule has 1 aromatic rings. The summed E-state index contributed by atoms with van der Waals surface area (Å²) in [5, 5.41) is 0. The summed E-state index contributed by atoms with van der Waals surface area (Å²) in [6, 6.07) is 8.41. The molecule has 148 valence electrons. The molecule has 0 aliphatic rings. The third kappa shape index (κ3) is 8.84. The summed E-state index contributed by atoms with van der Waals surface area (Å²) in [6.07, 6.45) is 5.89. The topological polar surface area (TPSA) is 29.5 Å². The van der Waals surface area contributed by atoms with Gasteiger partial charge in [0.25, 0.3) is 0 Å². The van der Waals surface area contributed by atoms with Gasteiger partial charge in [0.15, 0.2) is 0 Å². The van der Waals surface area contributed by atoms with Crippen LogP contribution in [0, 0.1) is 5.92 Å². The van der Waals surface area contributed by atoms with E-state index in [1.54, 1.807) is 0 Å². The van der Waals surface area contributed by atoms with Gasteiger partial charge in [0.2, 0.25) is 0 Å². The molecule has 3 heteroatoms. The first-order chi connectivity index (χ1) is 12.5. The number of carbonyl (C=O) groups excluding carboxylic acids is 1. The van der Waals surface area contributed by atoms with Crippen LogP contribution in [-0.4, -0.2) is 37.1 Å². The number of esters is 1. The summed E-state index contributed by atoms with van der Waals surface area (Å²) in [4.78, 5) is 14.8. The molecule has 1 rings (SSSR count). The molecular formula is C23H39NO2. The maximum atomic E-state index is 12.4. The lowest BCUT2D eigenvalue weighted by Crippen LogP contribution is -2.31. The fourth-order valence-corrected chi connectivity index (χ4v) is 3.05. The minimum Gasteiger partial charge on any atom is -0.464 e. The third-order valence-electron chi connectivity index (χ3n) is 4.78. The van der Waals surface area contributed by atoms with Gasteiger partial charge in [-0.1, -0.05) is 64.8 Å². The monoisotopic (exact) mass is 361 g/mol. The van der Waals surface area contributed by atoms with Gasteiger partial charge in [-0.25, -0.2) is 0 Å². The van der Waals surface area contributed by atoms with Crippen molar-refractivity contribution in [3.63, 3.8) is 0 Å². The number of nitrogens with zero attached hydrogens (tertiary/aromatic N) is 1. The Morgan fingerprint density at radius 1 is 0.962 bits per heavy atom. The second kappa shape index (κ2) is 12.9. The van der Waals surface area contributed by atoms with Crippen molar-refractivity contribution in [3.05, 3.63) is 35.4 Å². The van der Waals surface area contributed by atoms with Gasteiger partial charge in [-0.05, 0) is 56.3 Å². The van der Waals surface area contributed by atoms with E-state index in [9.17, 15) is 4.79 Å². The van der Waals surface area contributed by atoms with Crippen LogP contribution in [0.3, 0.4) is 0 Å². The Hall–Kier alpha value is -1.35. The van der Waals surface area contributed by atoms with E-state index in [1.165, 1.54) is 31.2 Å². The summed E-state index contributed by atoms with van der Waals surface area (Å²) >= 11 is 0. The first-order valence-electron chi connectivity index (χ1n) is 10.5. The molecule has 0 saturated heterocycles. The van der Waals surface area contributed by atoms with Crippen molar-refractivity contribution >= 4 is 5.97 Å². The molecule has 0 heterocycles. The maximum Gasteiger partial charge on any atom is 0.313 e. The fraction of sp³-hybridized carbons (Fsp3) is 0.696. The van der Waals surface area contributed by atoms with Crippen molar-refractivity contribution in [1.82, 2.24) is 4.90 Å². The van der Waals surface area contributed by atoms with Gasteiger partial charge in [-0.2, -0.15) is 0 Å². The van der Waals surface area contributed by atoms with E-state index in [-0.39, 0.29) is 11.9 Å². The Labute approximate surface area is 161 Å². The first kappa shape index (κ1) is 22.7. The highest BCUT2D eigenvalue weighted by atomic mass is 16.5. The van der Waals surface area contributed by atoms with Gasteiger partial charge >= 0.3 is 5.97 Å². The zero-order valence-corrected chi connectivity index (χ0v) is 17.6. The summed E-state index contributed by atoms with van der Waals surface area (Å²) in [5.74, 6) is 0.321. The lowest BCUT2D eigenvalue weighted by molar-refractivity contribution is -0.145. The van der Waals surface area contributed by atoms with Crippen LogP contribution in [-0.2, 0) is 16.0 Å². The Morgan fingerprint density at radius 3 is 2.04 bits per heavy atom. The Kier molecular flexibility index (Phi) is 11.3. The van der Waals surface area contributed by atoms with Crippen molar-refractivity contribution < 1.29 is 9.53 Å². The highest BCUT2D eigenvalue weighted by molar-refractivity contribution is 5.77. The molecular weight excluding hydrogens is 322 g/mol. The van der Waals surface area contributed by atoms with Crippen LogP contribution in [0.15, 0.2) is 24.3 Å². The number of hydrogen-bond donors (Lipinski definition) is 0. The van der Waals surface area contributed by atoms with E-state index in [4.69, 9.17) is 4.74 Å². The molecule has 0 aromatic heterocycles. The van der Waals surface area contributed by atoms with E-state index in [0.717, 1.165) is 31.6 Å². The van der Waals surface area contributed by atoms with Crippen LogP contribution in [0.4, 0.5) is 0 Å². The van der Waals surface area contributed by atoms with Crippen LogP contribution >= 0.6 is 0 Å². The molecule has 0 radical (unpaired) electrons. The molecule has 0 fully saturated rings. The lowest BCUT2D eigenvalue weighted by atomic mass is 9.97. The van der Waals surface area contributed by atoms with E-state index < -0.39 is 0 Å². The Balaban J connectivity index is 2.45. The number of unbranched alkanes of at least 4 members (excludes halogenated alkanes) is 2. The van der Waals surface area contributed by atoms with Crippen molar-refractivity contribution in [3.8, 4) is 0 Å². The van der Waals surface area contributed by atoms with Gasteiger partial charge in [0, 0.05) is 6.54 Å². The summed E-state index contributed by atoms with van der Waals surface area (Å²) in [7, 11) is 0. The molecule has 0 aliphatic heterocycles. The second-order valence-electron chi connectivity index (χ2n) is 7.78. The number of ether oxygens (including phenoxy) is 1. The third-order valence-corrected chi connectivity index (χ3v) is 4.78. The van der Waals surface area contributed by atoms with Crippen LogP contribution in [0.1, 0.15) is 77.3 Å². The highest BCUT2D eigenvalue weighted by Gasteiger charge is 2.17. The quantitative estimate of drug-likeness (QED) is 0.439. The van der Waals surface area contributed by atoms with Crippen molar-refractivity contribution in [2.75, 3.05) is 26.2 Å². The van der Waals surface area contributed by atoms with E-state index in [2.05, 4.69) is 56.9 Å². The molecule has 0 unspecified atom stereocenters. The average molecular weight is 362 g/mol. The second-order valence-corrected chi connectivity index (χ2v) is 7.78. The van der Waals surface area contributed by atoms with Gasteiger partial charge in [0.1, 0.15) is 6.61 Å². The van der Waals surface area contributed by atoms with Gasteiger partial charge in [0.05, 0.1) is 5.92 Å². The fourth-order valence-electron chi connectivity index (χ4n) is 3.05. The van der Waals surface area contributed by atoms with E-state index in [1.807, 2.05) is 6.92 Å². The van der Waals surface area contributed by atoms with Crippen molar-refractivity contribution in [2.24, 2.45) is 5.92 Å². The SMILES string of the molecule is CCCCN(CCCC)CCOC(=O)[C@H](C)c1ccc(CC(C)C)cc1. The van der Waals surface area contributed by atoms with Crippen molar-refractivity contribution in [2.45, 2.75) is 72.6 Å². The normalized spacial score (nSPS) is 12.6. The van der Waals surface area contributed by atoms with Crippen LogP contribution in [0.2, 0.25) is 0 Å². The van der Waals surface area contributed by atoms with E-state index in [0.29, 0.717) is 12.5 Å². The molecule has 26 heavy (non-hydrogen) atoms. The summed E-state index contributed by atoms with van der Waals surface area (Å²) in [5.41, 5.74) is 2.36. The van der Waals surface area contributed by atoms with Gasteiger partial charge < -0.3 is 4.74 Å². The zero-order valence-electron chi connectivity index (χ0n) is 17.6. The minimum absolute atomic E-state index is 0.118. The maximum absolute atomic E-state index is 12.4. The predicted molar refractivity (Wildman–Crippen MR) is 111 cm³/mol. The molecule has 0 aliphatic carbocycles. The highest BCUT2D eigenvalue weighted by Crippen LogP contribution is 2.19. The largest absolute Gasteiger partial charge is 0.464 e. The Bertz CT molecular complexity index is 487. The number of hydrogen-bond acceptors (Lipinski definition) is 3. The lowest BCUT2D eigenvalue weighted by Gasteiger charge is -2.22. The number of carbonyl (C=O) groups is 1. The molecule has 0 N–H and O–H groups in total. The molecule has 1 atom stereocenters.